The number of aliphatic hydroxyl groups excluding tert-OH is 1. The molecule has 1 aromatic carbocycles. The number of piperidine rings is 3. The molecule has 3 saturated heterocycles. The number of imide groups is 1. The minimum Gasteiger partial charge on any atom is -0.371 e. The lowest BCUT2D eigenvalue weighted by atomic mass is 9.93. The zero-order valence-corrected chi connectivity index (χ0v) is 18.9. The maximum atomic E-state index is 13.1. The fraction of sp³-hybridized carbons (Fsp3) is 0.625. The van der Waals surface area contributed by atoms with Crippen LogP contribution in [0, 0.1) is 5.92 Å². The number of nitrogens with two attached hydrogens (primary N) is 1. The predicted molar refractivity (Wildman–Crippen MR) is 122 cm³/mol. The summed E-state index contributed by atoms with van der Waals surface area (Å²) in [5.41, 5.74) is 7.92. The fourth-order valence-electron chi connectivity index (χ4n) is 5.79. The molecule has 1 aromatic rings. The lowest BCUT2D eigenvalue weighted by Gasteiger charge is -2.38. The first-order valence-corrected chi connectivity index (χ1v) is 12.1. The average Bonchev–Trinajstić information content (AvgIpc) is 3.06. The van der Waals surface area contributed by atoms with Gasteiger partial charge in [0.2, 0.25) is 11.8 Å². The number of nitrogens with one attached hydrogen (secondary N) is 1. The molecular formula is C24H33N5O4. The van der Waals surface area contributed by atoms with Crippen molar-refractivity contribution >= 4 is 23.4 Å². The van der Waals surface area contributed by atoms with E-state index in [0.717, 1.165) is 64.1 Å². The number of carbonyl (C=O) groups is 3. The number of benzene rings is 1. The Kier molecular flexibility index (Phi) is 6.11. The summed E-state index contributed by atoms with van der Waals surface area (Å²) in [4.78, 5) is 43.1. The van der Waals surface area contributed by atoms with Crippen LogP contribution in [0.15, 0.2) is 18.2 Å². The summed E-state index contributed by atoms with van der Waals surface area (Å²) >= 11 is 0. The Morgan fingerprint density at radius 3 is 2.42 bits per heavy atom. The zero-order chi connectivity index (χ0) is 23.1. The standard InChI is InChI=1S/C24H33N5O4/c25-16-8-10-27(11-9-16)14-15-6-12-28(13-7-15)18-3-1-2-17-21(18)24(33)29(23(17)32)19-4-5-20(30)26-22(19)31/h1-3,15-16,19,24,33H,4-14,25H2,(H,26,30,31). The van der Waals surface area contributed by atoms with Gasteiger partial charge in [-0.15, -0.1) is 0 Å². The van der Waals surface area contributed by atoms with Gasteiger partial charge in [-0.05, 0) is 63.2 Å². The van der Waals surface area contributed by atoms with Crippen LogP contribution in [0.3, 0.4) is 0 Å². The molecule has 3 amide bonds. The van der Waals surface area contributed by atoms with Gasteiger partial charge in [0, 0.05) is 48.9 Å². The van der Waals surface area contributed by atoms with Gasteiger partial charge in [0.1, 0.15) is 6.04 Å². The Hall–Kier alpha value is -2.49. The highest BCUT2D eigenvalue weighted by Crippen LogP contribution is 2.41. The van der Waals surface area contributed by atoms with E-state index < -0.39 is 18.2 Å². The van der Waals surface area contributed by atoms with Crippen LogP contribution >= 0.6 is 0 Å². The summed E-state index contributed by atoms with van der Waals surface area (Å²) < 4.78 is 0. The molecule has 33 heavy (non-hydrogen) atoms. The summed E-state index contributed by atoms with van der Waals surface area (Å²) in [5.74, 6) is -0.579. The van der Waals surface area contributed by atoms with E-state index in [0.29, 0.717) is 23.1 Å². The molecule has 2 unspecified atom stereocenters. The van der Waals surface area contributed by atoms with E-state index in [4.69, 9.17) is 5.73 Å². The van der Waals surface area contributed by atoms with Crippen LogP contribution in [0.5, 0.6) is 0 Å². The van der Waals surface area contributed by atoms with Gasteiger partial charge in [-0.2, -0.15) is 0 Å². The van der Waals surface area contributed by atoms with E-state index in [2.05, 4.69) is 15.1 Å². The van der Waals surface area contributed by atoms with E-state index in [-0.39, 0.29) is 24.7 Å². The second-order valence-electron chi connectivity index (χ2n) is 9.86. The molecule has 4 aliphatic rings. The first-order valence-electron chi connectivity index (χ1n) is 12.1. The maximum absolute atomic E-state index is 13.1. The molecule has 178 valence electrons. The molecule has 4 aliphatic heterocycles. The third-order valence-electron chi connectivity index (χ3n) is 7.72. The van der Waals surface area contributed by atoms with E-state index in [1.54, 1.807) is 6.07 Å². The lowest BCUT2D eigenvalue weighted by Crippen LogP contribution is -2.53. The summed E-state index contributed by atoms with van der Waals surface area (Å²) in [6, 6.07) is 5.02. The normalized spacial score (nSPS) is 27.8. The van der Waals surface area contributed by atoms with Crippen LogP contribution in [0.1, 0.15) is 60.7 Å². The van der Waals surface area contributed by atoms with E-state index in [1.165, 1.54) is 4.90 Å². The second-order valence-corrected chi connectivity index (χ2v) is 9.86. The Morgan fingerprint density at radius 2 is 1.73 bits per heavy atom. The average molecular weight is 456 g/mol. The Labute approximate surface area is 193 Å². The summed E-state index contributed by atoms with van der Waals surface area (Å²) in [6.07, 6.45) is 3.47. The largest absolute Gasteiger partial charge is 0.371 e. The summed E-state index contributed by atoms with van der Waals surface area (Å²) in [6.45, 7) is 5.01. The molecule has 2 atom stereocenters. The Morgan fingerprint density at radius 1 is 1.00 bits per heavy atom. The molecule has 4 N–H and O–H groups in total. The van der Waals surface area contributed by atoms with Crippen molar-refractivity contribution in [2.75, 3.05) is 37.6 Å². The third kappa shape index (κ3) is 4.25. The molecular weight excluding hydrogens is 422 g/mol. The number of nitrogens with zero attached hydrogens (tertiary/aromatic N) is 3. The molecule has 0 saturated carbocycles. The summed E-state index contributed by atoms with van der Waals surface area (Å²) in [7, 11) is 0. The minimum atomic E-state index is -1.19. The van der Waals surface area contributed by atoms with Crippen molar-refractivity contribution in [3.63, 3.8) is 0 Å². The number of anilines is 1. The van der Waals surface area contributed by atoms with Crippen LogP contribution in [0.2, 0.25) is 0 Å². The molecule has 0 spiro atoms. The van der Waals surface area contributed by atoms with Gasteiger partial charge in [0.05, 0.1) is 0 Å². The smallest absolute Gasteiger partial charge is 0.257 e. The topological polar surface area (TPSA) is 119 Å². The first-order chi connectivity index (χ1) is 15.9. The highest BCUT2D eigenvalue weighted by molar-refractivity contribution is 6.06. The molecule has 3 fully saturated rings. The number of amides is 3. The monoisotopic (exact) mass is 455 g/mol. The van der Waals surface area contributed by atoms with Crippen molar-refractivity contribution in [2.24, 2.45) is 11.7 Å². The van der Waals surface area contributed by atoms with Gasteiger partial charge in [-0.1, -0.05) is 6.07 Å². The zero-order valence-electron chi connectivity index (χ0n) is 18.9. The van der Waals surface area contributed by atoms with Gasteiger partial charge < -0.3 is 20.6 Å². The van der Waals surface area contributed by atoms with Crippen molar-refractivity contribution < 1.29 is 19.5 Å². The first kappa shape index (κ1) is 22.3. The van der Waals surface area contributed by atoms with Gasteiger partial charge in [-0.3, -0.25) is 24.6 Å². The van der Waals surface area contributed by atoms with Gasteiger partial charge >= 0.3 is 0 Å². The summed E-state index contributed by atoms with van der Waals surface area (Å²) in [5, 5.41) is 13.4. The van der Waals surface area contributed by atoms with Crippen molar-refractivity contribution in [2.45, 2.75) is 56.8 Å². The number of carbonyl (C=O) groups excluding carboxylic acids is 3. The van der Waals surface area contributed by atoms with Crippen LogP contribution in [0.25, 0.3) is 0 Å². The number of fused-ring (bicyclic) bond motifs is 1. The van der Waals surface area contributed by atoms with Crippen molar-refractivity contribution in [1.29, 1.82) is 0 Å². The number of aliphatic hydroxyl groups is 1. The Bertz CT molecular complexity index is 937. The van der Waals surface area contributed by atoms with Crippen molar-refractivity contribution in [3.8, 4) is 0 Å². The third-order valence-corrected chi connectivity index (χ3v) is 7.72. The minimum absolute atomic E-state index is 0.159. The number of hydrogen-bond acceptors (Lipinski definition) is 7. The van der Waals surface area contributed by atoms with Crippen molar-refractivity contribution in [3.05, 3.63) is 29.3 Å². The van der Waals surface area contributed by atoms with Crippen LogP contribution in [-0.2, 0) is 9.59 Å². The molecule has 5 rings (SSSR count). The molecule has 0 bridgehead atoms. The molecule has 0 radical (unpaired) electrons. The van der Waals surface area contributed by atoms with E-state index in [9.17, 15) is 19.5 Å². The van der Waals surface area contributed by atoms with Gasteiger partial charge in [-0.25, -0.2) is 0 Å². The Balaban J connectivity index is 1.27. The number of hydrogen-bond donors (Lipinski definition) is 3. The van der Waals surface area contributed by atoms with E-state index in [1.807, 2.05) is 12.1 Å². The van der Waals surface area contributed by atoms with Gasteiger partial charge in [0.25, 0.3) is 5.91 Å². The maximum Gasteiger partial charge on any atom is 0.257 e. The van der Waals surface area contributed by atoms with Crippen LogP contribution < -0.4 is 16.0 Å². The van der Waals surface area contributed by atoms with Crippen LogP contribution in [0.4, 0.5) is 5.69 Å². The highest BCUT2D eigenvalue weighted by atomic mass is 16.3. The van der Waals surface area contributed by atoms with E-state index >= 15 is 0 Å². The molecule has 0 aromatic heterocycles. The van der Waals surface area contributed by atoms with Crippen LogP contribution in [-0.4, -0.2) is 77.4 Å². The SMILES string of the molecule is NC1CCN(CC2CCN(c3cccc4c3C(O)N(C3CCC(=O)NC3=O)C4=O)CC2)CC1. The quantitative estimate of drug-likeness (QED) is 0.568. The second kappa shape index (κ2) is 9.04. The van der Waals surface area contributed by atoms with Crippen molar-refractivity contribution in [1.82, 2.24) is 15.1 Å². The number of likely N-dealkylation sites (tertiary alicyclic amines) is 1. The molecule has 4 heterocycles. The molecule has 9 nitrogen and oxygen atoms in total. The van der Waals surface area contributed by atoms with Gasteiger partial charge in [0.15, 0.2) is 6.23 Å². The fourth-order valence-corrected chi connectivity index (χ4v) is 5.79. The molecule has 9 heteroatoms. The lowest BCUT2D eigenvalue weighted by molar-refractivity contribution is -0.139. The predicted octanol–water partition coefficient (Wildman–Crippen LogP) is 0.578. The number of rotatable bonds is 4. The highest BCUT2D eigenvalue weighted by Gasteiger charge is 2.46. The molecule has 0 aliphatic carbocycles.